The molecule has 0 unspecified atom stereocenters. The van der Waals surface area contributed by atoms with Gasteiger partial charge in [0.2, 0.25) is 0 Å². The predicted octanol–water partition coefficient (Wildman–Crippen LogP) is -3.50. The minimum Gasteiger partial charge on any atom is -1.00 e. The number of rotatable bonds is 10. The molecule has 0 radical (unpaired) electrons. The van der Waals surface area contributed by atoms with Crippen molar-refractivity contribution in [1.29, 1.82) is 0 Å². The van der Waals surface area contributed by atoms with Crippen molar-refractivity contribution >= 4 is 57.8 Å². The molecule has 50 heavy (non-hydrogen) atoms. The molecule has 3 aromatic carbocycles. The molecule has 0 spiro atoms. The van der Waals surface area contributed by atoms with E-state index in [1.54, 1.807) is 0 Å². The summed E-state index contributed by atoms with van der Waals surface area (Å²) in [6.45, 7) is 9.51. The van der Waals surface area contributed by atoms with Crippen LogP contribution in [-0.4, -0.2) is 92.6 Å². The Kier molecular flexibility index (Phi) is 15.6. The van der Waals surface area contributed by atoms with Gasteiger partial charge in [-0.25, -0.2) is 0 Å². The Labute approximate surface area is 335 Å². The molecule has 3 aromatic rings. The van der Waals surface area contributed by atoms with Gasteiger partial charge in [-0.05, 0) is 0 Å². The summed E-state index contributed by atoms with van der Waals surface area (Å²) >= 11 is 2.58. The zero-order valence-corrected chi connectivity index (χ0v) is 37.8. The van der Waals surface area contributed by atoms with Gasteiger partial charge in [0.25, 0.3) is 0 Å². The Morgan fingerprint density at radius 3 is 0.860 bits per heavy atom. The van der Waals surface area contributed by atoms with Gasteiger partial charge in [0.05, 0.1) is 0 Å². The van der Waals surface area contributed by atoms with Crippen molar-refractivity contribution in [2.75, 3.05) is 114 Å². The standard InChI is InChI=1S/C39H57N6Si.3ClH.Ti/c1-26-27(2)29(4)39(28(26)3)46(36-23-30(40(5)6)17-20-33(36)43(11)12,37-24-31(41(7)8)18-21-34(37)44(13)14)38-25-32(42(9)10)19-22-35(38)45(15)16;;;;/h17-25H,1-16H3;3*1H;/q;;;;+3/p-3. The SMILES string of the molecule is CC1=C(C)[C]([Ti+3])([Si](c2cc(N(C)C)ccc2N(C)C)(c2cc(N(C)C)ccc2N(C)C)c2cc(N(C)C)ccc2N(C)C)C(C)=C1C.[Cl-].[Cl-].[Cl-]. The summed E-state index contributed by atoms with van der Waals surface area (Å²) < 4.78 is -0.289. The smallest absolute Gasteiger partial charge is 1.00 e. The molecule has 0 amide bonds. The first-order valence-corrected chi connectivity index (χ1v) is 19.2. The van der Waals surface area contributed by atoms with Crippen LogP contribution in [0.15, 0.2) is 76.9 Å². The topological polar surface area (TPSA) is 19.4 Å². The summed E-state index contributed by atoms with van der Waals surface area (Å²) in [6, 6.07) is 21.5. The summed E-state index contributed by atoms with van der Waals surface area (Å²) in [6.07, 6.45) is 0. The molecule has 4 rings (SSSR count). The van der Waals surface area contributed by atoms with Gasteiger partial charge >= 0.3 is 300 Å². The summed E-state index contributed by atoms with van der Waals surface area (Å²) in [7, 11) is 23.0. The maximum atomic E-state index is 2.58. The van der Waals surface area contributed by atoms with Crippen molar-refractivity contribution in [2.24, 2.45) is 0 Å². The summed E-state index contributed by atoms with van der Waals surface area (Å²) in [5, 5.41) is 4.28. The van der Waals surface area contributed by atoms with Crippen LogP contribution in [0.25, 0.3) is 0 Å². The van der Waals surface area contributed by atoms with Crippen LogP contribution >= 0.6 is 0 Å². The van der Waals surface area contributed by atoms with Crippen LogP contribution in [0.2, 0.25) is 3.34 Å². The van der Waals surface area contributed by atoms with Gasteiger partial charge in [-0.3, -0.25) is 0 Å². The van der Waals surface area contributed by atoms with Crippen molar-refractivity contribution in [3.05, 3.63) is 76.9 Å². The molecule has 1 aliphatic rings. The van der Waals surface area contributed by atoms with Crippen LogP contribution in [0.1, 0.15) is 27.7 Å². The molecule has 0 saturated heterocycles. The van der Waals surface area contributed by atoms with Crippen LogP contribution in [-0.2, 0) is 20.4 Å². The fourth-order valence-corrected chi connectivity index (χ4v) is 16.7. The third-order valence-corrected chi connectivity index (χ3v) is 19.0. The molecule has 6 nitrogen and oxygen atoms in total. The van der Waals surface area contributed by atoms with E-state index in [0.29, 0.717) is 0 Å². The van der Waals surface area contributed by atoms with Crippen molar-refractivity contribution < 1.29 is 57.7 Å². The van der Waals surface area contributed by atoms with Gasteiger partial charge in [-0.15, -0.1) is 0 Å². The Hall–Kier alpha value is -2.26. The normalized spacial score (nSPS) is 13.6. The van der Waals surface area contributed by atoms with E-state index in [1.807, 2.05) is 0 Å². The first-order valence-electron chi connectivity index (χ1n) is 16.4. The first-order chi connectivity index (χ1) is 21.8. The molecule has 0 aromatic heterocycles. The second-order valence-electron chi connectivity index (χ2n) is 14.5. The van der Waals surface area contributed by atoms with E-state index in [1.165, 1.54) is 72.0 Å². The number of halogens is 3. The molecule has 0 bridgehead atoms. The molecular weight excluding hydrogens is 735 g/mol. The summed E-state index contributed by atoms with van der Waals surface area (Å²) in [5.41, 5.74) is 13.2. The Morgan fingerprint density at radius 1 is 0.420 bits per heavy atom. The van der Waals surface area contributed by atoms with Gasteiger partial charge in [0.1, 0.15) is 0 Å². The van der Waals surface area contributed by atoms with E-state index < -0.39 is 8.07 Å². The Bertz CT molecular complexity index is 1550. The quantitative estimate of drug-likeness (QED) is 0.156. The molecule has 1 aliphatic carbocycles. The number of allylic oxidation sites excluding steroid dienone is 4. The van der Waals surface area contributed by atoms with Crippen LogP contribution in [0, 0.1) is 0 Å². The van der Waals surface area contributed by atoms with Crippen molar-refractivity contribution in [3.8, 4) is 0 Å². The van der Waals surface area contributed by atoms with Crippen LogP contribution < -0.4 is 82.2 Å². The molecule has 0 atom stereocenters. The molecule has 0 aliphatic heterocycles. The van der Waals surface area contributed by atoms with E-state index in [-0.39, 0.29) is 40.6 Å². The van der Waals surface area contributed by atoms with Gasteiger partial charge in [0.15, 0.2) is 0 Å². The number of nitrogens with zero attached hydrogens (tertiary/aromatic N) is 6. The zero-order chi connectivity index (χ0) is 35.3. The number of hydrogen-bond donors (Lipinski definition) is 0. The molecule has 0 heterocycles. The fourth-order valence-electron chi connectivity index (χ4n) is 7.49. The number of hydrogen-bond acceptors (Lipinski definition) is 6. The zero-order valence-electron chi connectivity index (χ0n) is 33.0. The summed E-state index contributed by atoms with van der Waals surface area (Å²) in [4.78, 5) is 13.8. The van der Waals surface area contributed by atoms with Crippen LogP contribution in [0.4, 0.5) is 34.1 Å². The fraction of sp³-hybridized carbons (Fsp3) is 0.436. The van der Waals surface area contributed by atoms with E-state index in [2.05, 4.69) is 217 Å². The van der Waals surface area contributed by atoms with E-state index in [4.69, 9.17) is 0 Å². The molecular formula is C39H57Cl3N6SiTi. The van der Waals surface area contributed by atoms with Gasteiger partial charge in [-0.2, -0.15) is 0 Å². The predicted molar refractivity (Wildman–Crippen MR) is 209 cm³/mol. The summed E-state index contributed by atoms with van der Waals surface area (Å²) in [5.74, 6) is 0. The van der Waals surface area contributed by atoms with Gasteiger partial charge < -0.3 is 37.2 Å². The van der Waals surface area contributed by atoms with Crippen molar-refractivity contribution in [2.45, 2.75) is 31.0 Å². The Morgan fingerprint density at radius 2 is 0.660 bits per heavy atom. The molecule has 0 saturated carbocycles. The van der Waals surface area contributed by atoms with E-state index >= 15 is 0 Å². The average molecular weight is 792 g/mol. The largest absolute Gasteiger partial charge is 1.00 e. The molecule has 0 N–H and O–H groups in total. The second kappa shape index (κ2) is 17.0. The van der Waals surface area contributed by atoms with Crippen molar-refractivity contribution in [1.82, 2.24) is 0 Å². The second-order valence-corrected chi connectivity index (χ2v) is 20.3. The molecule has 11 heteroatoms. The third kappa shape index (κ3) is 7.33. The van der Waals surface area contributed by atoms with Gasteiger partial charge in [-0.1, -0.05) is 0 Å². The number of benzene rings is 3. The van der Waals surface area contributed by atoms with Gasteiger partial charge in [0, 0.05) is 0 Å². The van der Waals surface area contributed by atoms with Crippen molar-refractivity contribution in [3.63, 3.8) is 0 Å². The minimum atomic E-state index is -3.20. The first kappa shape index (κ1) is 45.8. The molecule has 272 valence electrons. The Balaban J connectivity index is 0.00000417. The van der Waals surface area contributed by atoms with E-state index in [0.717, 1.165) is 0 Å². The van der Waals surface area contributed by atoms with Crippen LogP contribution in [0.5, 0.6) is 0 Å². The van der Waals surface area contributed by atoms with Crippen LogP contribution in [0.3, 0.4) is 0 Å². The maximum absolute atomic E-state index is 3.20. The number of anilines is 6. The minimum absolute atomic E-state index is 0. The monoisotopic (exact) mass is 790 g/mol. The van der Waals surface area contributed by atoms with E-state index in [9.17, 15) is 0 Å². The maximum Gasteiger partial charge on any atom is -1.00 e. The third-order valence-electron chi connectivity index (χ3n) is 10.5. The molecule has 0 fully saturated rings. The average Bonchev–Trinajstić information content (AvgIpc) is 3.16.